The first-order chi connectivity index (χ1) is 11.7. The van der Waals surface area contributed by atoms with Gasteiger partial charge in [0.15, 0.2) is 0 Å². The van der Waals surface area contributed by atoms with E-state index >= 15 is 0 Å². The third-order valence-corrected chi connectivity index (χ3v) is 4.04. The number of methoxy groups -OCH3 is 1. The van der Waals surface area contributed by atoms with Crippen molar-refractivity contribution in [3.63, 3.8) is 0 Å². The summed E-state index contributed by atoms with van der Waals surface area (Å²) in [7, 11) is 1.60. The first-order valence-corrected chi connectivity index (χ1v) is 8.02. The second kappa shape index (κ2) is 7.35. The fraction of sp³-hybridized carbons (Fsp3) is 0.412. The Morgan fingerprint density at radius 3 is 3.04 bits per heavy atom. The standard InChI is InChI=1S/C17H22N4O3/c1-3-24-11-15-16-10-20(7-8-21(16)12-18-15)17(22)19-13-5-4-6-14(9-13)23-2/h4-6,9,12H,3,7-8,10-11H2,1-2H3,(H,19,22). The van der Waals surface area contributed by atoms with E-state index in [2.05, 4.69) is 14.9 Å². The number of hydrogen-bond acceptors (Lipinski definition) is 4. The van der Waals surface area contributed by atoms with Crippen LogP contribution in [0, 0.1) is 0 Å². The van der Waals surface area contributed by atoms with Crippen LogP contribution in [0.25, 0.3) is 0 Å². The van der Waals surface area contributed by atoms with Gasteiger partial charge in [0.1, 0.15) is 5.75 Å². The molecule has 0 fully saturated rings. The summed E-state index contributed by atoms with van der Waals surface area (Å²) in [5.41, 5.74) is 2.65. The van der Waals surface area contributed by atoms with E-state index in [-0.39, 0.29) is 6.03 Å². The van der Waals surface area contributed by atoms with Gasteiger partial charge in [-0.15, -0.1) is 0 Å². The summed E-state index contributed by atoms with van der Waals surface area (Å²) < 4.78 is 12.7. The van der Waals surface area contributed by atoms with E-state index in [1.54, 1.807) is 18.1 Å². The van der Waals surface area contributed by atoms with Gasteiger partial charge in [-0.25, -0.2) is 9.78 Å². The number of amides is 2. The van der Waals surface area contributed by atoms with Gasteiger partial charge >= 0.3 is 6.03 Å². The predicted octanol–water partition coefficient (Wildman–Crippen LogP) is 2.48. The third-order valence-electron chi connectivity index (χ3n) is 4.04. The van der Waals surface area contributed by atoms with E-state index in [9.17, 15) is 4.79 Å². The smallest absolute Gasteiger partial charge is 0.322 e. The molecule has 7 heteroatoms. The summed E-state index contributed by atoms with van der Waals surface area (Å²) in [6.07, 6.45) is 1.82. The minimum absolute atomic E-state index is 0.127. The molecule has 128 valence electrons. The van der Waals surface area contributed by atoms with Crippen LogP contribution < -0.4 is 10.1 Å². The second-order valence-corrected chi connectivity index (χ2v) is 5.55. The Morgan fingerprint density at radius 2 is 2.25 bits per heavy atom. The summed E-state index contributed by atoms with van der Waals surface area (Å²) in [5.74, 6) is 0.712. The molecule has 0 bridgehead atoms. The van der Waals surface area contributed by atoms with Gasteiger partial charge in [-0.2, -0.15) is 0 Å². The van der Waals surface area contributed by atoms with Gasteiger partial charge in [0.25, 0.3) is 0 Å². The van der Waals surface area contributed by atoms with E-state index in [1.165, 1.54) is 0 Å². The van der Waals surface area contributed by atoms with E-state index in [4.69, 9.17) is 9.47 Å². The van der Waals surface area contributed by atoms with Crippen molar-refractivity contribution >= 4 is 11.7 Å². The third kappa shape index (κ3) is 3.51. The zero-order chi connectivity index (χ0) is 16.9. The molecular weight excluding hydrogens is 308 g/mol. The first-order valence-electron chi connectivity index (χ1n) is 8.02. The van der Waals surface area contributed by atoms with E-state index in [0.717, 1.165) is 17.9 Å². The van der Waals surface area contributed by atoms with Crippen LogP contribution in [0.4, 0.5) is 10.5 Å². The molecule has 3 rings (SSSR count). The average molecular weight is 330 g/mol. The SMILES string of the molecule is CCOCc1ncn2c1CN(C(=O)Nc1cccc(OC)c1)CC2. The number of aromatic nitrogens is 2. The number of imidazole rings is 1. The molecule has 1 aliphatic rings. The molecule has 0 saturated carbocycles. The van der Waals surface area contributed by atoms with E-state index in [1.807, 2.05) is 31.5 Å². The van der Waals surface area contributed by atoms with E-state index < -0.39 is 0 Å². The number of hydrogen-bond donors (Lipinski definition) is 1. The number of urea groups is 1. The fourth-order valence-corrected chi connectivity index (χ4v) is 2.71. The maximum Gasteiger partial charge on any atom is 0.322 e. The highest BCUT2D eigenvalue weighted by Gasteiger charge is 2.23. The van der Waals surface area contributed by atoms with Crippen LogP contribution in [0.1, 0.15) is 18.3 Å². The lowest BCUT2D eigenvalue weighted by Gasteiger charge is -2.29. The molecule has 0 unspecified atom stereocenters. The van der Waals surface area contributed by atoms with Gasteiger partial charge in [-0.1, -0.05) is 6.07 Å². The lowest BCUT2D eigenvalue weighted by Crippen LogP contribution is -2.40. The number of nitrogens with zero attached hydrogens (tertiary/aromatic N) is 3. The van der Waals surface area contributed by atoms with Gasteiger partial charge in [-0.3, -0.25) is 0 Å². The molecule has 0 saturated heterocycles. The number of benzene rings is 1. The largest absolute Gasteiger partial charge is 0.497 e. The molecule has 24 heavy (non-hydrogen) atoms. The van der Waals surface area contributed by atoms with Crippen LogP contribution in [-0.4, -0.2) is 40.7 Å². The zero-order valence-corrected chi connectivity index (χ0v) is 14.0. The molecule has 1 aromatic carbocycles. The van der Waals surface area contributed by atoms with Crippen molar-refractivity contribution in [1.82, 2.24) is 14.5 Å². The van der Waals surface area contributed by atoms with Crippen molar-refractivity contribution in [3.8, 4) is 5.75 Å². The first kappa shape index (κ1) is 16.3. The van der Waals surface area contributed by atoms with Crippen LogP contribution in [-0.2, 0) is 24.4 Å². The van der Waals surface area contributed by atoms with Crippen molar-refractivity contribution in [2.24, 2.45) is 0 Å². The maximum absolute atomic E-state index is 12.5. The molecular formula is C17H22N4O3. The summed E-state index contributed by atoms with van der Waals surface area (Å²) in [6, 6.07) is 7.20. The van der Waals surface area contributed by atoms with E-state index in [0.29, 0.717) is 37.7 Å². The van der Waals surface area contributed by atoms with Gasteiger partial charge in [0.2, 0.25) is 0 Å². The predicted molar refractivity (Wildman–Crippen MR) is 90.0 cm³/mol. The van der Waals surface area contributed by atoms with Crippen LogP contribution >= 0.6 is 0 Å². The molecule has 2 amide bonds. The highest BCUT2D eigenvalue weighted by molar-refractivity contribution is 5.89. The zero-order valence-electron chi connectivity index (χ0n) is 14.0. The molecule has 1 N–H and O–H groups in total. The fourth-order valence-electron chi connectivity index (χ4n) is 2.71. The van der Waals surface area contributed by atoms with Crippen molar-refractivity contribution in [2.45, 2.75) is 26.6 Å². The van der Waals surface area contributed by atoms with Gasteiger partial charge in [-0.05, 0) is 19.1 Å². The topological polar surface area (TPSA) is 68.6 Å². The molecule has 0 atom stereocenters. The number of anilines is 1. The molecule has 1 aromatic heterocycles. The lowest BCUT2D eigenvalue weighted by molar-refractivity contribution is 0.129. The monoisotopic (exact) mass is 330 g/mol. The Morgan fingerprint density at radius 1 is 1.38 bits per heavy atom. The van der Waals surface area contributed by atoms with Gasteiger partial charge in [0.05, 0.1) is 38.0 Å². The summed E-state index contributed by atoms with van der Waals surface area (Å²) in [4.78, 5) is 18.7. The van der Waals surface area contributed by atoms with Crippen LogP contribution in [0.3, 0.4) is 0 Å². The number of nitrogens with one attached hydrogen (secondary N) is 1. The second-order valence-electron chi connectivity index (χ2n) is 5.55. The molecule has 0 radical (unpaired) electrons. The highest BCUT2D eigenvalue weighted by Crippen LogP contribution is 2.20. The summed E-state index contributed by atoms with van der Waals surface area (Å²) >= 11 is 0. The quantitative estimate of drug-likeness (QED) is 0.914. The number of carbonyl (C=O) groups excluding carboxylic acids is 1. The molecule has 2 aromatic rings. The Bertz CT molecular complexity index is 714. The Balaban J connectivity index is 1.67. The van der Waals surface area contributed by atoms with Crippen molar-refractivity contribution in [3.05, 3.63) is 42.0 Å². The number of ether oxygens (including phenoxy) is 2. The minimum atomic E-state index is -0.127. The molecule has 2 heterocycles. The number of fused-ring (bicyclic) bond motifs is 1. The molecule has 1 aliphatic heterocycles. The molecule has 0 aliphatic carbocycles. The minimum Gasteiger partial charge on any atom is -0.497 e. The van der Waals surface area contributed by atoms with Crippen molar-refractivity contribution < 1.29 is 14.3 Å². The highest BCUT2D eigenvalue weighted by atomic mass is 16.5. The summed E-state index contributed by atoms with van der Waals surface area (Å²) in [5, 5.41) is 2.92. The van der Waals surface area contributed by atoms with Crippen LogP contribution in [0.15, 0.2) is 30.6 Å². The van der Waals surface area contributed by atoms with Crippen molar-refractivity contribution in [2.75, 3.05) is 25.6 Å². The van der Waals surface area contributed by atoms with Crippen molar-refractivity contribution in [1.29, 1.82) is 0 Å². The molecule has 7 nitrogen and oxygen atoms in total. The summed E-state index contributed by atoms with van der Waals surface area (Å²) in [6.45, 7) is 4.98. The number of rotatable bonds is 5. The lowest BCUT2D eigenvalue weighted by atomic mass is 10.2. The Labute approximate surface area is 141 Å². The normalized spacial score (nSPS) is 13.5. The van der Waals surface area contributed by atoms with Gasteiger partial charge in [0, 0.05) is 31.5 Å². The van der Waals surface area contributed by atoms with Gasteiger partial charge < -0.3 is 24.3 Å². The van der Waals surface area contributed by atoms with Crippen LogP contribution in [0.2, 0.25) is 0 Å². The number of carbonyl (C=O) groups is 1. The molecule has 0 spiro atoms. The average Bonchev–Trinajstić information content (AvgIpc) is 3.02. The van der Waals surface area contributed by atoms with Crippen LogP contribution in [0.5, 0.6) is 5.75 Å². The Kier molecular flexibility index (Phi) is 5.00. The Hall–Kier alpha value is -2.54. The maximum atomic E-state index is 12.5.